The highest BCUT2D eigenvalue weighted by molar-refractivity contribution is 7.09. The number of halogens is 3. The van der Waals surface area contributed by atoms with Gasteiger partial charge in [-0.1, -0.05) is 0 Å². The second-order valence-corrected chi connectivity index (χ2v) is 4.82. The molecule has 8 heteroatoms. The minimum Gasteiger partial charge on any atom is -0.357 e. The molecule has 2 aromatic heterocycles. The summed E-state index contributed by atoms with van der Waals surface area (Å²) in [5, 5.41) is 2.61. The van der Waals surface area contributed by atoms with Gasteiger partial charge in [-0.15, -0.1) is 11.3 Å². The first-order valence-corrected chi connectivity index (χ1v) is 6.21. The van der Waals surface area contributed by atoms with E-state index in [0.29, 0.717) is 0 Å². The summed E-state index contributed by atoms with van der Waals surface area (Å²) in [7, 11) is 0. The lowest BCUT2D eigenvalue weighted by Gasteiger charge is -2.10. The summed E-state index contributed by atoms with van der Waals surface area (Å²) in [6.07, 6.45) is -1.84. The molecule has 0 saturated heterocycles. The van der Waals surface area contributed by atoms with Gasteiger partial charge in [0.05, 0.1) is 17.1 Å². The summed E-state index contributed by atoms with van der Waals surface area (Å²) in [5.74, 6) is -0.562. The number of carbonyl (C=O) groups is 1. The summed E-state index contributed by atoms with van der Waals surface area (Å²) < 4.78 is 37.1. The molecule has 0 fully saturated rings. The van der Waals surface area contributed by atoms with Crippen LogP contribution in [0.5, 0.6) is 0 Å². The molecule has 2 N–H and O–H groups in total. The van der Waals surface area contributed by atoms with Crippen LogP contribution in [0.25, 0.3) is 0 Å². The third-order valence-electron chi connectivity index (χ3n) is 2.48. The highest BCUT2D eigenvalue weighted by Gasteiger charge is 2.33. The Hall–Kier alpha value is -1.83. The minimum atomic E-state index is -4.48. The highest BCUT2D eigenvalue weighted by Crippen LogP contribution is 2.28. The lowest BCUT2D eigenvalue weighted by atomic mass is 10.2. The predicted octanol–water partition coefficient (Wildman–Crippen LogP) is 2.98. The Labute approximate surface area is 110 Å². The summed E-state index contributed by atoms with van der Waals surface area (Å²) in [4.78, 5) is 18.5. The highest BCUT2D eigenvalue weighted by atomic mass is 32.1. The lowest BCUT2D eigenvalue weighted by Crippen LogP contribution is -2.25. The summed E-state index contributed by atoms with van der Waals surface area (Å²) in [5.41, 5.74) is 0.627. The number of alkyl halides is 3. The first-order chi connectivity index (χ1) is 8.88. The van der Waals surface area contributed by atoms with Crippen molar-refractivity contribution in [1.29, 1.82) is 0 Å². The van der Waals surface area contributed by atoms with Gasteiger partial charge in [0, 0.05) is 17.3 Å². The van der Waals surface area contributed by atoms with E-state index in [2.05, 4.69) is 10.3 Å². The van der Waals surface area contributed by atoms with Gasteiger partial charge in [0.15, 0.2) is 0 Å². The van der Waals surface area contributed by atoms with Crippen molar-refractivity contribution in [3.63, 3.8) is 0 Å². The van der Waals surface area contributed by atoms with E-state index < -0.39 is 17.8 Å². The van der Waals surface area contributed by atoms with Crippen LogP contribution in [0.15, 0.2) is 24.0 Å². The Morgan fingerprint density at radius 3 is 2.79 bits per heavy atom. The van der Waals surface area contributed by atoms with Crippen LogP contribution >= 0.6 is 11.3 Å². The number of hydrogen-bond acceptors (Lipinski definition) is 3. The molecular formula is C11H10F3N3OS. The van der Waals surface area contributed by atoms with E-state index in [9.17, 15) is 18.0 Å². The van der Waals surface area contributed by atoms with Gasteiger partial charge in [-0.2, -0.15) is 13.2 Å². The van der Waals surface area contributed by atoms with Crippen LogP contribution < -0.4 is 5.32 Å². The Morgan fingerprint density at radius 2 is 2.26 bits per heavy atom. The third kappa shape index (κ3) is 3.14. The summed E-state index contributed by atoms with van der Waals surface area (Å²) >= 11 is 1.36. The smallest absolute Gasteiger partial charge is 0.357 e. The molecule has 0 unspecified atom stereocenters. The maximum Gasteiger partial charge on any atom is 0.431 e. The number of nitrogens with one attached hydrogen (secondary N) is 2. The van der Waals surface area contributed by atoms with Crippen LogP contribution in [0, 0.1) is 0 Å². The number of thiazole rings is 1. The van der Waals surface area contributed by atoms with Crippen LogP contribution in [-0.4, -0.2) is 15.9 Å². The largest absolute Gasteiger partial charge is 0.431 e. The Bertz CT molecular complexity index is 562. The molecule has 0 spiro atoms. The molecule has 4 nitrogen and oxygen atoms in total. The predicted molar refractivity (Wildman–Crippen MR) is 63.8 cm³/mol. The zero-order chi connectivity index (χ0) is 14.0. The van der Waals surface area contributed by atoms with Crippen LogP contribution in [-0.2, 0) is 6.18 Å². The van der Waals surface area contributed by atoms with Crippen molar-refractivity contribution in [3.8, 4) is 0 Å². The average Bonchev–Trinajstić information content (AvgIpc) is 3.00. The lowest BCUT2D eigenvalue weighted by molar-refractivity contribution is -0.140. The van der Waals surface area contributed by atoms with E-state index in [-0.39, 0.29) is 11.6 Å². The third-order valence-corrected chi connectivity index (χ3v) is 3.43. The molecule has 2 heterocycles. The van der Waals surface area contributed by atoms with Crippen LogP contribution in [0.4, 0.5) is 13.2 Å². The second-order valence-electron chi connectivity index (χ2n) is 3.90. The van der Waals surface area contributed by atoms with Crippen molar-refractivity contribution in [3.05, 3.63) is 40.1 Å². The summed E-state index contributed by atoms with van der Waals surface area (Å²) in [6, 6.07) is 0.485. The van der Waals surface area contributed by atoms with Crippen molar-refractivity contribution in [2.24, 2.45) is 0 Å². The van der Waals surface area contributed by atoms with Crippen molar-refractivity contribution in [1.82, 2.24) is 15.3 Å². The Kier molecular flexibility index (Phi) is 3.61. The molecule has 1 amide bonds. The molecule has 1 atom stereocenters. The zero-order valence-corrected chi connectivity index (χ0v) is 10.6. The Morgan fingerprint density at radius 1 is 1.53 bits per heavy atom. The quantitative estimate of drug-likeness (QED) is 0.912. The Balaban J connectivity index is 2.06. The van der Waals surface area contributed by atoms with Crippen molar-refractivity contribution in [2.45, 2.75) is 19.1 Å². The normalized spacial score (nSPS) is 13.3. The standard InChI is InChI=1S/C11H10F3N3OS/c1-6(8-4-15-5-19-8)17-10(18)7-2-9(16-3-7)11(12,13)14/h2-6,16H,1H3,(H,17,18)/t6-/m0/s1. The molecule has 102 valence electrons. The fourth-order valence-corrected chi connectivity index (χ4v) is 2.11. The number of nitrogens with zero attached hydrogens (tertiary/aromatic N) is 1. The topological polar surface area (TPSA) is 57.8 Å². The number of hydrogen-bond donors (Lipinski definition) is 2. The molecule has 0 aliphatic carbocycles. The van der Waals surface area contributed by atoms with Crippen molar-refractivity contribution < 1.29 is 18.0 Å². The van der Waals surface area contributed by atoms with E-state index in [1.54, 1.807) is 18.6 Å². The van der Waals surface area contributed by atoms with E-state index in [4.69, 9.17) is 0 Å². The first-order valence-electron chi connectivity index (χ1n) is 5.33. The maximum atomic E-state index is 12.4. The molecular weight excluding hydrogens is 279 g/mol. The van der Waals surface area contributed by atoms with Crippen LogP contribution in [0.1, 0.15) is 33.9 Å². The van der Waals surface area contributed by atoms with Gasteiger partial charge in [-0.25, -0.2) is 0 Å². The summed E-state index contributed by atoms with van der Waals surface area (Å²) in [6.45, 7) is 1.74. The van der Waals surface area contributed by atoms with Crippen molar-refractivity contribution in [2.75, 3.05) is 0 Å². The van der Waals surface area contributed by atoms with Gasteiger partial charge in [0.2, 0.25) is 0 Å². The van der Waals surface area contributed by atoms with E-state index in [0.717, 1.165) is 17.1 Å². The monoisotopic (exact) mass is 289 g/mol. The molecule has 0 radical (unpaired) electrons. The van der Waals surface area contributed by atoms with Crippen LogP contribution in [0.3, 0.4) is 0 Å². The molecule has 2 aromatic rings. The second kappa shape index (κ2) is 5.04. The zero-order valence-electron chi connectivity index (χ0n) is 9.78. The van der Waals surface area contributed by atoms with Crippen molar-refractivity contribution >= 4 is 17.2 Å². The number of rotatable bonds is 3. The molecule has 0 aliphatic heterocycles. The number of carbonyl (C=O) groups excluding carboxylic acids is 1. The molecule has 0 aliphatic rings. The number of amides is 1. The molecule has 0 saturated carbocycles. The molecule has 2 rings (SSSR count). The molecule has 0 bridgehead atoms. The fourth-order valence-electron chi connectivity index (χ4n) is 1.48. The van der Waals surface area contributed by atoms with E-state index in [1.807, 2.05) is 4.98 Å². The SMILES string of the molecule is C[C@H](NC(=O)c1c[nH]c(C(F)(F)F)c1)c1cncs1. The first kappa shape index (κ1) is 13.6. The van der Waals surface area contributed by atoms with Crippen LogP contribution in [0.2, 0.25) is 0 Å². The number of aromatic amines is 1. The van der Waals surface area contributed by atoms with E-state index in [1.165, 1.54) is 11.3 Å². The number of H-pyrrole nitrogens is 1. The fraction of sp³-hybridized carbons (Fsp3) is 0.273. The van der Waals surface area contributed by atoms with Gasteiger partial charge in [-0.05, 0) is 13.0 Å². The van der Waals surface area contributed by atoms with Gasteiger partial charge in [-0.3, -0.25) is 9.78 Å². The van der Waals surface area contributed by atoms with Gasteiger partial charge in [0.1, 0.15) is 5.69 Å². The number of aromatic nitrogens is 2. The molecule has 0 aromatic carbocycles. The van der Waals surface area contributed by atoms with Gasteiger partial charge in [0.25, 0.3) is 5.91 Å². The minimum absolute atomic E-state index is 0.0521. The average molecular weight is 289 g/mol. The molecule has 19 heavy (non-hydrogen) atoms. The maximum absolute atomic E-state index is 12.4. The van der Waals surface area contributed by atoms with Gasteiger partial charge >= 0.3 is 6.18 Å². The van der Waals surface area contributed by atoms with Gasteiger partial charge < -0.3 is 10.3 Å². The van der Waals surface area contributed by atoms with E-state index >= 15 is 0 Å².